The fourth-order valence-electron chi connectivity index (χ4n) is 2.02. The van der Waals surface area contributed by atoms with E-state index >= 15 is 0 Å². The summed E-state index contributed by atoms with van der Waals surface area (Å²) in [5.74, 6) is -0.798. The molecular formula is C15H12F4O2. The molecule has 0 radical (unpaired) electrons. The van der Waals surface area contributed by atoms with E-state index in [1.165, 1.54) is 37.4 Å². The molecule has 6 heteroatoms. The highest BCUT2D eigenvalue weighted by Crippen LogP contribution is 2.37. The van der Waals surface area contributed by atoms with Gasteiger partial charge in [0.25, 0.3) is 0 Å². The summed E-state index contributed by atoms with van der Waals surface area (Å²) >= 11 is 0. The van der Waals surface area contributed by atoms with Gasteiger partial charge in [-0.05, 0) is 29.3 Å². The van der Waals surface area contributed by atoms with Crippen molar-refractivity contribution in [3.63, 3.8) is 0 Å². The van der Waals surface area contributed by atoms with E-state index in [1.807, 2.05) is 0 Å². The van der Waals surface area contributed by atoms with E-state index in [0.717, 1.165) is 12.1 Å². The third-order valence-electron chi connectivity index (χ3n) is 3.05. The van der Waals surface area contributed by atoms with Gasteiger partial charge in [-0.15, -0.1) is 0 Å². The Balaban J connectivity index is 2.48. The molecule has 0 aromatic heterocycles. The lowest BCUT2D eigenvalue weighted by atomic mass is 9.96. The Morgan fingerprint density at radius 3 is 2.38 bits per heavy atom. The molecule has 112 valence electrons. The number of ether oxygens (including phenoxy) is 1. The maximum atomic E-state index is 13.3. The zero-order valence-electron chi connectivity index (χ0n) is 11.0. The first-order valence-electron chi connectivity index (χ1n) is 6.02. The fourth-order valence-corrected chi connectivity index (χ4v) is 2.02. The van der Waals surface area contributed by atoms with Crippen LogP contribution in [0, 0.1) is 5.82 Å². The predicted octanol–water partition coefficient (Wildman–Crippen LogP) is 3.93. The smallest absolute Gasteiger partial charge is 0.416 e. The van der Waals surface area contributed by atoms with Crippen LogP contribution in [0.5, 0.6) is 5.75 Å². The molecule has 2 nitrogen and oxygen atoms in total. The molecule has 2 aromatic rings. The van der Waals surface area contributed by atoms with Crippen molar-refractivity contribution in [3.05, 3.63) is 65.0 Å². The lowest BCUT2D eigenvalue weighted by molar-refractivity contribution is -0.139. The molecule has 1 N–H and O–H groups in total. The van der Waals surface area contributed by atoms with Crippen molar-refractivity contribution >= 4 is 0 Å². The van der Waals surface area contributed by atoms with Gasteiger partial charge in [0.1, 0.15) is 6.10 Å². The molecule has 0 saturated carbocycles. The Morgan fingerprint density at radius 2 is 1.76 bits per heavy atom. The molecule has 21 heavy (non-hydrogen) atoms. The Kier molecular flexibility index (Phi) is 4.18. The summed E-state index contributed by atoms with van der Waals surface area (Å²) < 4.78 is 56.9. The number of hydrogen-bond donors (Lipinski definition) is 1. The van der Waals surface area contributed by atoms with Crippen LogP contribution in [-0.2, 0) is 6.18 Å². The molecule has 0 fully saturated rings. The molecule has 2 rings (SSSR count). The summed E-state index contributed by atoms with van der Waals surface area (Å²) in [5, 5.41) is 10.2. The predicted molar refractivity (Wildman–Crippen MR) is 68.5 cm³/mol. The van der Waals surface area contributed by atoms with Gasteiger partial charge in [-0.3, -0.25) is 0 Å². The number of aliphatic hydroxyl groups excluding tert-OH is 1. The Hall–Kier alpha value is -2.08. The molecule has 1 atom stereocenters. The van der Waals surface area contributed by atoms with Crippen molar-refractivity contribution in [2.45, 2.75) is 12.3 Å². The average molecular weight is 300 g/mol. The molecule has 0 heterocycles. The van der Waals surface area contributed by atoms with Gasteiger partial charge in [-0.2, -0.15) is 13.2 Å². The van der Waals surface area contributed by atoms with Crippen LogP contribution in [0.4, 0.5) is 17.6 Å². The second kappa shape index (κ2) is 5.73. The maximum Gasteiger partial charge on any atom is 0.416 e. The zero-order valence-corrected chi connectivity index (χ0v) is 11.0. The summed E-state index contributed by atoms with van der Waals surface area (Å²) in [5.41, 5.74) is -1.11. The second-order valence-electron chi connectivity index (χ2n) is 4.38. The Bertz CT molecular complexity index is 638. The van der Waals surface area contributed by atoms with Crippen LogP contribution < -0.4 is 4.74 Å². The number of aliphatic hydroxyl groups is 1. The maximum absolute atomic E-state index is 13.3. The third kappa shape index (κ3) is 3.16. The van der Waals surface area contributed by atoms with Crippen molar-refractivity contribution in [3.8, 4) is 5.75 Å². The second-order valence-corrected chi connectivity index (χ2v) is 4.38. The van der Waals surface area contributed by atoms with Crippen LogP contribution in [0.2, 0.25) is 0 Å². The fraction of sp³-hybridized carbons (Fsp3) is 0.200. The minimum atomic E-state index is -4.58. The molecule has 0 aliphatic rings. The molecule has 0 spiro atoms. The van der Waals surface area contributed by atoms with Gasteiger partial charge in [0.15, 0.2) is 11.6 Å². The van der Waals surface area contributed by atoms with Gasteiger partial charge in [0, 0.05) is 0 Å². The Labute approximate surface area is 118 Å². The van der Waals surface area contributed by atoms with E-state index in [-0.39, 0.29) is 16.9 Å². The molecule has 0 amide bonds. The molecular weight excluding hydrogens is 288 g/mol. The number of methoxy groups -OCH3 is 1. The number of rotatable bonds is 3. The van der Waals surface area contributed by atoms with Crippen LogP contribution in [0.3, 0.4) is 0 Å². The van der Waals surface area contributed by atoms with Crippen molar-refractivity contribution in [1.29, 1.82) is 0 Å². The minimum Gasteiger partial charge on any atom is -0.494 e. The topological polar surface area (TPSA) is 29.5 Å². The van der Waals surface area contributed by atoms with Crippen molar-refractivity contribution in [2.24, 2.45) is 0 Å². The van der Waals surface area contributed by atoms with Gasteiger partial charge >= 0.3 is 6.18 Å². The van der Waals surface area contributed by atoms with Crippen LogP contribution in [0.1, 0.15) is 22.8 Å². The summed E-state index contributed by atoms with van der Waals surface area (Å²) in [6.45, 7) is 0. The zero-order chi connectivity index (χ0) is 15.6. The first kappa shape index (κ1) is 15.3. The van der Waals surface area contributed by atoms with E-state index in [0.29, 0.717) is 0 Å². The Morgan fingerprint density at radius 1 is 1.10 bits per heavy atom. The highest BCUT2D eigenvalue weighted by Gasteiger charge is 2.35. The number of hydrogen-bond acceptors (Lipinski definition) is 2. The van der Waals surface area contributed by atoms with E-state index < -0.39 is 23.7 Å². The van der Waals surface area contributed by atoms with Gasteiger partial charge in [-0.25, -0.2) is 4.39 Å². The van der Waals surface area contributed by atoms with Crippen LogP contribution >= 0.6 is 0 Å². The number of halogens is 4. The first-order valence-corrected chi connectivity index (χ1v) is 6.02. The average Bonchev–Trinajstić information content (AvgIpc) is 2.46. The minimum absolute atomic E-state index is 0.116. The highest BCUT2D eigenvalue weighted by molar-refractivity contribution is 5.40. The lowest BCUT2D eigenvalue weighted by Gasteiger charge is -2.18. The number of benzene rings is 2. The van der Waals surface area contributed by atoms with E-state index in [1.54, 1.807) is 0 Å². The quantitative estimate of drug-likeness (QED) is 0.870. The van der Waals surface area contributed by atoms with E-state index in [4.69, 9.17) is 4.74 Å². The van der Waals surface area contributed by atoms with Crippen LogP contribution in [-0.4, -0.2) is 12.2 Å². The summed E-state index contributed by atoms with van der Waals surface area (Å²) in [6.07, 6.45) is -6.11. The van der Waals surface area contributed by atoms with Gasteiger partial charge < -0.3 is 9.84 Å². The third-order valence-corrected chi connectivity index (χ3v) is 3.05. The monoisotopic (exact) mass is 300 g/mol. The van der Waals surface area contributed by atoms with Crippen molar-refractivity contribution < 1.29 is 27.4 Å². The molecule has 0 aliphatic carbocycles. The standard InChI is InChI=1S/C15H12F4O2/c1-21-13-8-9(6-7-12(13)16)14(20)10-4-2-3-5-11(10)15(17,18)19/h2-8,14,20H,1H3. The normalized spacial score (nSPS) is 13.0. The molecule has 0 aliphatic heterocycles. The highest BCUT2D eigenvalue weighted by atomic mass is 19.4. The SMILES string of the molecule is COc1cc(C(O)c2ccccc2C(F)(F)F)ccc1F. The van der Waals surface area contributed by atoms with Crippen molar-refractivity contribution in [2.75, 3.05) is 7.11 Å². The van der Waals surface area contributed by atoms with Crippen molar-refractivity contribution in [1.82, 2.24) is 0 Å². The summed E-state index contributed by atoms with van der Waals surface area (Å²) in [7, 11) is 1.23. The van der Waals surface area contributed by atoms with Gasteiger partial charge in [0.2, 0.25) is 0 Å². The van der Waals surface area contributed by atoms with Crippen LogP contribution in [0.25, 0.3) is 0 Å². The summed E-state index contributed by atoms with van der Waals surface area (Å²) in [4.78, 5) is 0. The van der Waals surface area contributed by atoms with Gasteiger partial charge in [-0.1, -0.05) is 24.3 Å². The van der Waals surface area contributed by atoms with E-state index in [2.05, 4.69) is 0 Å². The van der Waals surface area contributed by atoms with Gasteiger partial charge in [0.05, 0.1) is 12.7 Å². The largest absolute Gasteiger partial charge is 0.494 e. The lowest BCUT2D eigenvalue weighted by Crippen LogP contribution is -2.12. The van der Waals surface area contributed by atoms with E-state index in [9.17, 15) is 22.7 Å². The molecule has 0 saturated heterocycles. The number of alkyl halides is 3. The molecule has 2 aromatic carbocycles. The summed E-state index contributed by atoms with van der Waals surface area (Å²) in [6, 6.07) is 8.14. The van der Waals surface area contributed by atoms with Crippen LogP contribution in [0.15, 0.2) is 42.5 Å². The molecule has 0 bridgehead atoms. The first-order chi connectivity index (χ1) is 9.84. The molecule has 1 unspecified atom stereocenters.